The van der Waals surface area contributed by atoms with Gasteiger partial charge in [-0.25, -0.2) is 0 Å². The molecule has 0 bridgehead atoms. The van der Waals surface area contributed by atoms with Gasteiger partial charge in [-0.2, -0.15) is 0 Å². The number of nitrogen functional groups attached to an aromatic ring is 1. The van der Waals surface area contributed by atoms with Crippen molar-refractivity contribution in [2.24, 2.45) is 0 Å². The van der Waals surface area contributed by atoms with Crippen molar-refractivity contribution in [2.45, 2.75) is 0 Å². The molecule has 0 aliphatic heterocycles. The molecule has 2 aromatic carbocycles. The molecule has 86 valence electrons. The van der Waals surface area contributed by atoms with Crippen molar-refractivity contribution < 1.29 is 4.79 Å². The fourth-order valence-corrected chi connectivity index (χ4v) is 2.11. The van der Waals surface area contributed by atoms with E-state index in [4.69, 9.17) is 17.3 Å². The Balaban J connectivity index is 2.40. The number of ketones is 1. The highest BCUT2D eigenvalue weighted by molar-refractivity contribution is 14.1. The number of halogens is 2. The van der Waals surface area contributed by atoms with Gasteiger partial charge in [0.05, 0.1) is 0 Å². The average Bonchev–Trinajstić information content (AvgIpc) is 2.28. The Morgan fingerprint density at radius 2 is 1.71 bits per heavy atom. The summed E-state index contributed by atoms with van der Waals surface area (Å²) in [6, 6.07) is 12.2. The van der Waals surface area contributed by atoms with Crippen molar-refractivity contribution in [1.29, 1.82) is 0 Å². The summed E-state index contributed by atoms with van der Waals surface area (Å²) in [6.45, 7) is 0. The van der Waals surface area contributed by atoms with Crippen LogP contribution in [0.4, 0.5) is 5.69 Å². The third-order valence-corrected chi connectivity index (χ3v) is 3.23. The predicted molar refractivity (Wildman–Crippen MR) is 78.5 cm³/mol. The molecule has 4 heteroatoms. The van der Waals surface area contributed by atoms with Crippen molar-refractivity contribution in [3.8, 4) is 0 Å². The molecule has 0 unspecified atom stereocenters. The van der Waals surface area contributed by atoms with E-state index in [1.165, 1.54) is 0 Å². The second-order valence-corrected chi connectivity index (χ2v) is 5.29. The van der Waals surface area contributed by atoms with Crippen LogP contribution < -0.4 is 5.73 Å². The Hall–Kier alpha value is -1.07. The third kappa shape index (κ3) is 2.98. The van der Waals surface area contributed by atoms with E-state index in [0.717, 1.165) is 3.57 Å². The summed E-state index contributed by atoms with van der Waals surface area (Å²) in [6.07, 6.45) is 0. The summed E-state index contributed by atoms with van der Waals surface area (Å²) in [5.74, 6) is -0.0735. The van der Waals surface area contributed by atoms with Crippen LogP contribution in [0.15, 0.2) is 42.5 Å². The van der Waals surface area contributed by atoms with Crippen molar-refractivity contribution in [3.63, 3.8) is 0 Å². The molecule has 0 amide bonds. The highest BCUT2D eigenvalue weighted by atomic mass is 127. The number of benzene rings is 2. The maximum absolute atomic E-state index is 12.1. The number of nitrogens with two attached hydrogens (primary N) is 1. The zero-order valence-corrected chi connectivity index (χ0v) is 11.7. The highest BCUT2D eigenvalue weighted by Crippen LogP contribution is 2.19. The smallest absolute Gasteiger partial charge is 0.193 e. The molecular weight excluding hydrogens is 349 g/mol. The van der Waals surface area contributed by atoms with E-state index < -0.39 is 0 Å². The number of carbonyl (C=O) groups excluding carboxylic acids is 1. The summed E-state index contributed by atoms with van der Waals surface area (Å²) >= 11 is 8.07. The number of hydrogen-bond acceptors (Lipinski definition) is 2. The standard InChI is InChI=1S/C13H9ClINO/c14-10-5-9(6-12(16)7-10)13(17)8-1-3-11(15)4-2-8/h1-7H,16H2. The van der Waals surface area contributed by atoms with Gasteiger partial charge in [-0.3, -0.25) is 4.79 Å². The fourth-order valence-electron chi connectivity index (χ4n) is 1.51. The molecular formula is C13H9ClINO. The SMILES string of the molecule is Nc1cc(Cl)cc(C(=O)c2ccc(I)cc2)c1. The van der Waals surface area contributed by atoms with E-state index in [1.807, 2.05) is 12.1 Å². The van der Waals surface area contributed by atoms with Gasteiger partial charge in [-0.15, -0.1) is 0 Å². The lowest BCUT2D eigenvalue weighted by atomic mass is 10.0. The first kappa shape index (κ1) is 12.4. The largest absolute Gasteiger partial charge is 0.399 e. The molecule has 0 saturated carbocycles. The van der Waals surface area contributed by atoms with Crippen LogP contribution in [0.1, 0.15) is 15.9 Å². The van der Waals surface area contributed by atoms with Gasteiger partial charge in [0, 0.05) is 25.4 Å². The van der Waals surface area contributed by atoms with Gasteiger partial charge in [0.1, 0.15) is 0 Å². The van der Waals surface area contributed by atoms with Crippen LogP contribution in [-0.4, -0.2) is 5.78 Å². The van der Waals surface area contributed by atoms with E-state index in [0.29, 0.717) is 21.8 Å². The number of carbonyl (C=O) groups is 1. The summed E-state index contributed by atoms with van der Waals surface area (Å²) in [5, 5.41) is 0.471. The van der Waals surface area contributed by atoms with Gasteiger partial charge in [-0.05, 0) is 65.1 Å². The third-order valence-electron chi connectivity index (χ3n) is 2.29. The van der Waals surface area contributed by atoms with E-state index in [-0.39, 0.29) is 5.78 Å². The van der Waals surface area contributed by atoms with Gasteiger partial charge < -0.3 is 5.73 Å². The van der Waals surface area contributed by atoms with E-state index in [9.17, 15) is 4.79 Å². The second kappa shape index (κ2) is 5.06. The molecule has 0 atom stereocenters. The molecule has 0 aliphatic rings. The first-order valence-corrected chi connectivity index (χ1v) is 6.38. The van der Waals surface area contributed by atoms with E-state index in [2.05, 4.69) is 22.6 Å². The molecule has 0 heterocycles. The highest BCUT2D eigenvalue weighted by Gasteiger charge is 2.10. The Kier molecular flexibility index (Phi) is 3.69. The maximum atomic E-state index is 12.1. The normalized spacial score (nSPS) is 10.2. The van der Waals surface area contributed by atoms with Crippen LogP contribution in [0, 0.1) is 3.57 Å². The Labute approximate surface area is 118 Å². The molecule has 0 aliphatic carbocycles. The molecule has 17 heavy (non-hydrogen) atoms. The van der Waals surface area contributed by atoms with Crippen LogP contribution in [0.2, 0.25) is 5.02 Å². The summed E-state index contributed by atoms with van der Waals surface area (Å²) < 4.78 is 1.09. The number of anilines is 1. The van der Waals surface area contributed by atoms with Crippen LogP contribution >= 0.6 is 34.2 Å². The molecule has 0 fully saturated rings. The van der Waals surface area contributed by atoms with Gasteiger partial charge in [0.2, 0.25) is 0 Å². The molecule has 0 radical (unpaired) electrons. The first-order valence-electron chi connectivity index (χ1n) is 4.92. The molecule has 2 aromatic rings. The van der Waals surface area contributed by atoms with Crippen LogP contribution in [0.3, 0.4) is 0 Å². The van der Waals surface area contributed by atoms with Crippen molar-refractivity contribution in [2.75, 3.05) is 5.73 Å². The lowest BCUT2D eigenvalue weighted by molar-refractivity contribution is 0.103. The Morgan fingerprint density at radius 1 is 1.06 bits per heavy atom. The monoisotopic (exact) mass is 357 g/mol. The zero-order valence-electron chi connectivity index (χ0n) is 8.78. The molecule has 2 N–H and O–H groups in total. The molecule has 0 aromatic heterocycles. The molecule has 2 nitrogen and oxygen atoms in total. The maximum Gasteiger partial charge on any atom is 0.193 e. The van der Waals surface area contributed by atoms with E-state index in [1.54, 1.807) is 30.3 Å². The lowest BCUT2D eigenvalue weighted by Crippen LogP contribution is -2.02. The van der Waals surface area contributed by atoms with Crippen LogP contribution in [0.25, 0.3) is 0 Å². The van der Waals surface area contributed by atoms with Crippen molar-refractivity contribution >= 4 is 45.7 Å². The minimum absolute atomic E-state index is 0.0735. The predicted octanol–water partition coefficient (Wildman–Crippen LogP) is 3.76. The average molecular weight is 358 g/mol. The Bertz CT molecular complexity index is 546. The minimum Gasteiger partial charge on any atom is -0.399 e. The fraction of sp³-hybridized carbons (Fsp3) is 0. The van der Waals surface area contributed by atoms with E-state index >= 15 is 0 Å². The summed E-state index contributed by atoms with van der Waals surface area (Å²) in [7, 11) is 0. The zero-order chi connectivity index (χ0) is 12.4. The summed E-state index contributed by atoms with van der Waals surface area (Å²) in [5.41, 5.74) is 7.30. The van der Waals surface area contributed by atoms with Crippen LogP contribution in [-0.2, 0) is 0 Å². The molecule has 0 saturated heterocycles. The van der Waals surface area contributed by atoms with Gasteiger partial charge in [-0.1, -0.05) is 11.6 Å². The Morgan fingerprint density at radius 3 is 2.29 bits per heavy atom. The molecule has 0 spiro atoms. The van der Waals surface area contributed by atoms with Crippen molar-refractivity contribution in [3.05, 3.63) is 62.2 Å². The first-order chi connectivity index (χ1) is 8.06. The lowest BCUT2D eigenvalue weighted by Gasteiger charge is -2.03. The number of hydrogen-bond donors (Lipinski definition) is 1. The number of rotatable bonds is 2. The quantitative estimate of drug-likeness (QED) is 0.505. The second-order valence-electron chi connectivity index (χ2n) is 3.61. The van der Waals surface area contributed by atoms with Crippen molar-refractivity contribution in [1.82, 2.24) is 0 Å². The summed E-state index contributed by atoms with van der Waals surface area (Å²) in [4.78, 5) is 12.1. The molecule has 2 rings (SSSR count). The van der Waals surface area contributed by atoms with Gasteiger partial charge in [0.25, 0.3) is 0 Å². The van der Waals surface area contributed by atoms with Gasteiger partial charge >= 0.3 is 0 Å². The minimum atomic E-state index is -0.0735. The van der Waals surface area contributed by atoms with Gasteiger partial charge in [0.15, 0.2) is 5.78 Å². The van der Waals surface area contributed by atoms with Crippen LogP contribution in [0.5, 0.6) is 0 Å². The topological polar surface area (TPSA) is 43.1 Å².